The van der Waals surface area contributed by atoms with E-state index in [4.69, 9.17) is 5.73 Å². The van der Waals surface area contributed by atoms with Gasteiger partial charge in [0.05, 0.1) is 17.6 Å². The van der Waals surface area contributed by atoms with Crippen molar-refractivity contribution in [1.82, 2.24) is 4.98 Å². The lowest BCUT2D eigenvalue weighted by Gasteiger charge is -2.22. The first-order valence-electron chi connectivity index (χ1n) is 5.67. The Balaban J connectivity index is 2.50. The molecule has 0 aliphatic carbocycles. The number of anilines is 2. The molecule has 4 heteroatoms. The molecule has 0 spiro atoms. The molecule has 0 bridgehead atoms. The Morgan fingerprint density at radius 3 is 2.44 bits per heavy atom. The lowest BCUT2D eigenvalue weighted by Crippen LogP contribution is -2.32. The van der Waals surface area contributed by atoms with Crippen LogP contribution in [-0.2, 0) is 0 Å². The summed E-state index contributed by atoms with van der Waals surface area (Å²) in [5, 5.41) is 0. The fourth-order valence-electron chi connectivity index (χ4n) is 1.79. The number of urea groups is 1. The average molecular weight is 241 g/mol. The molecule has 4 nitrogen and oxygen atoms in total. The molecule has 18 heavy (non-hydrogen) atoms. The van der Waals surface area contributed by atoms with Crippen molar-refractivity contribution in [2.75, 3.05) is 4.90 Å². The Bertz CT molecular complexity index is 564. The van der Waals surface area contributed by atoms with Crippen LogP contribution in [0.5, 0.6) is 0 Å². The first kappa shape index (κ1) is 12.1. The van der Waals surface area contributed by atoms with Crippen molar-refractivity contribution < 1.29 is 4.79 Å². The molecule has 0 radical (unpaired) electrons. The van der Waals surface area contributed by atoms with Crippen molar-refractivity contribution in [1.29, 1.82) is 0 Å². The molecule has 0 saturated carbocycles. The number of hydrogen-bond acceptors (Lipinski definition) is 2. The van der Waals surface area contributed by atoms with Gasteiger partial charge in [-0.25, -0.2) is 4.79 Å². The number of primary amides is 1. The summed E-state index contributed by atoms with van der Waals surface area (Å²) in [4.78, 5) is 17.3. The molecule has 2 amide bonds. The van der Waals surface area contributed by atoms with Gasteiger partial charge < -0.3 is 5.73 Å². The highest BCUT2D eigenvalue weighted by atomic mass is 16.2. The summed E-state index contributed by atoms with van der Waals surface area (Å²) < 4.78 is 0. The molecule has 2 N–H and O–H groups in total. The van der Waals surface area contributed by atoms with E-state index in [1.165, 1.54) is 4.90 Å². The maximum Gasteiger partial charge on any atom is 0.323 e. The Morgan fingerprint density at radius 2 is 1.89 bits per heavy atom. The number of aromatic nitrogens is 1. The predicted octanol–water partition coefficient (Wildman–Crippen LogP) is 2.92. The number of para-hydroxylation sites is 1. The zero-order chi connectivity index (χ0) is 13.1. The molecule has 0 saturated heterocycles. The van der Waals surface area contributed by atoms with E-state index in [2.05, 4.69) is 4.98 Å². The third kappa shape index (κ3) is 2.32. The number of pyridine rings is 1. The standard InChI is InChI=1S/C14H15N3O/c1-10-5-3-4-6-13(10)17(14(15)18)12-8-7-11(2)16-9-12/h3-9H,1-2H3,(H2,15,18). The zero-order valence-electron chi connectivity index (χ0n) is 10.4. The number of hydrogen-bond donors (Lipinski definition) is 1. The van der Waals surface area contributed by atoms with Gasteiger partial charge in [0.15, 0.2) is 0 Å². The molecular formula is C14H15N3O. The normalized spacial score (nSPS) is 10.1. The van der Waals surface area contributed by atoms with Gasteiger partial charge in [0, 0.05) is 5.69 Å². The molecule has 1 heterocycles. The van der Waals surface area contributed by atoms with Gasteiger partial charge in [-0.1, -0.05) is 18.2 Å². The highest BCUT2D eigenvalue weighted by Crippen LogP contribution is 2.27. The number of amides is 2. The van der Waals surface area contributed by atoms with Gasteiger partial charge in [0.25, 0.3) is 0 Å². The second-order valence-corrected chi connectivity index (χ2v) is 4.12. The fourth-order valence-corrected chi connectivity index (χ4v) is 1.79. The molecule has 0 fully saturated rings. The first-order valence-corrected chi connectivity index (χ1v) is 5.67. The monoisotopic (exact) mass is 241 g/mol. The third-order valence-corrected chi connectivity index (χ3v) is 2.73. The van der Waals surface area contributed by atoms with Crippen LogP contribution >= 0.6 is 0 Å². The molecule has 2 rings (SSSR count). The molecule has 1 aromatic heterocycles. The van der Waals surface area contributed by atoms with Crippen molar-refractivity contribution in [2.24, 2.45) is 5.73 Å². The molecule has 0 unspecified atom stereocenters. The molecular weight excluding hydrogens is 226 g/mol. The fraction of sp³-hybridized carbons (Fsp3) is 0.143. The summed E-state index contributed by atoms with van der Waals surface area (Å²) >= 11 is 0. The van der Waals surface area contributed by atoms with Crippen LogP contribution in [0.2, 0.25) is 0 Å². The van der Waals surface area contributed by atoms with Gasteiger partial charge in [-0.3, -0.25) is 9.88 Å². The topological polar surface area (TPSA) is 59.2 Å². The molecule has 0 aliphatic rings. The number of aryl methyl sites for hydroxylation is 2. The number of benzene rings is 1. The van der Waals surface area contributed by atoms with E-state index in [1.807, 2.05) is 50.2 Å². The van der Waals surface area contributed by atoms with Crippen LogP contribution in [0.15, 0.2) is 42.6 Å². The lowest BCUT2D eigenvalue weighted by molar-refractivity contribution is 0.256. The van der Waals surface area contributed by atoms with Gasteiger partial charge in [-0.2, -0.15) is 0 Å². The van der Waals surface area contributed by atoms with Gasteiger partial charge in [0.2, 0.25) is 0 Å². The van der Waals surface area contributed by atoms with Gasteiger partial charge in [-0.15, -0.1) is 0 Å². The Hall–Kier alpha value is -2.36. The van der Waals surface area contributed by atoms with Crippen LogP contribution < -0.4 is 10.6 Å². The van der Waals surface area contributed by atoms with E-state index in [-0.39, 0.29) is 0 Å². The van der Waals surface area contributed by atoms with Crippen LogP contribution in [-0.4, -0.2) is 11.0 Å². The van der Waals surface area contributed by atoms with Crippen LogP contribution in [0.1, 0.15) is 11.3 Å². The second-order valence-electron chi connectivity index (χ2n) is 4.12. The number of nitrogens with zero attached hydrogens (tertiary/aromatic N) is 2. The molecule has 1 aromatic carbocycles. The van der Waals surface area contributed by atoms with E-state index < -0.39 is 6.03 Å². The van der Waals surface area contributed by atoms with E-state index in [0.717, 1.165) is 16.9 Å². The summed E-state index contributed by atoms with van der Waals surface area (Å²) in [5.74, 6) is 0. The van der Waals surface area contributed by atoms with Gasteiger partial charge >= 0.3 is 6.03 Å². The summed E-state index contributed by atoms with van der Waals surface area (Å²) in [6.45, 7) is 3.83. The second kappa shape index (κ2) is 4.87. The number of carbonyl (C=O) groups excluding carboxylic acids is 1. The highest BCUT2D eigenvalue weighted by molar-refractivity contribution is 5.98. The van der Waals surface area contributed by atoms with Crippen LogP contribution in [0, 0.1) is 13.8 Å². The molecule has 92 valence electrons. The number of carbonyl (C=O) groups is 1. The van der Waals surface area contributed by atoms with Crippen LogP contribution in [0.4, 0.5) is 16.2 Å². The van der Waals surface area contributed by atoms with Crippen LogP contribution in [0.25, 0.3) is 0 Å². The Kier molecular flexibility index (Phi) is 3.28. The van der Waals surface area contributed by atoms with Crippen molar-refractivity contribution in [3.8, 4) is 0 Å². The highest BCUT2D eigenvalue weighted by Gasteiger charge is 2.16. The van der Waals surface area contributed by atoms with Crippen molar-refractivity contribution >= 4 is 17.4 Å². The van der Waals surface area contributed by atoms with E-state index in [1.54, 1.807) is 6.20 Å². The van der Waals surface area contributed by atoms with Crippen molar-refractivity contribution in [2.45, 2.75) is 13.8 Å². The van der Waals surface area contributed by atoms with E-state index in [9.17, 15) is 4.79 Å². The zero-order valence-corrected chi connectivity index (χ0v) is 10.4. The van der Waals surface area contributed by atoms with Gasteiger partial charge in [0.1, 0.15) is 0 Å². The number of nitrogens with two attached hydrogens (primary N) is 1. The Labute approximate surface area is 106 Å². The largest absolute Gasteiger partial charge is 0.351 e. The minimum absolute atomic E-state index is 0.519. The Morgan fingerprint density at radius 1 is 1.17 bits per heavy atom. The summed E-state index contributed by atoms with van der Waals surface area (Å²) in [6.07, 6.45) is 1.65. The smallest absolute Gasteiger partial charge is 0.323 e. The average Bonchev–Trinajstić information content (AvgIpc) is 2.34. The quantitative estimate of drug-likeness (QED) is 0.878. The summed E-state index contributed by atoms with van der Waals surface area (Å²) in [5.41, 5.74) is 8.79. The van der Waals surface area contributed by atoms with E-state index >= 15 is 0 Å². The lowest BCUT2D eigenvalue weighted by atomic mass is 10.1. The summed E-state index contributed by atoms with van der Waals surface area (Å²) in [7, 11) is 0. The SMILES string of the molecule is Cc1ccc(N(C(N)=O)c2ccccc2C)cn1. The minimum atomic E-state index is -0.519. The number of rotatable bonds is 2. The third-order valence-electron chi connectivity index (χ3n) is 2.73. The maximum atomic E-state index is 11.7. The predicted molar refractivity (Wildman–Crippen MR) is 71.9 cm³/mol. The summed E-state index contributed by atoms with van der Waals surface area (Å²) in [6, 6.07) is 10.8. The molecule has 0 aliphatic heterocycles. The van der Waals surface area contributed by atoms with Crippen molar-refractivity contribution in [3.05, 3.63) is 53.9 Å². The van der Waals surface area contributed by atoms with E-state index in [0.29, 0.717) is 5.69 Å². The minimum Gasteiger partial charge on any atom is -0.351 e. The van der Waals surface area contributed by atoms with Crippen LogP contribution in [0.3, 0.4) is 0 Å². The van der Waals surface area contributed by atoms with Crippen molar-refractivity contribution in [3.63, 3.8) is 0 Å². The molecule has 2 aromatic rings. The maximum absolute atomic E-state index is 11.7. The van der Waals surface area contributed by atoms with Gasteiger partial charge in [-0.05, 0) is 37.6 Å². The first-order chi connectivity index (χ1) is 8.59. The molecule has 0 atom stereocenters.